The zero-order valence-corrected chi connectivity index (χ0v) is 24.7. The molecule has 1 aliphatic heterocycles. The lowest BCUT2D eigenvalue weighted by Gasteiger charge is -2.32. The summed E-state index contributed by atoms with van der Waals surface area (Å²) in [6.45, 7) is -1.14. The fraction of sp³-hybridized carbons (Fsp3) is 0.367. The SMILES string of the molecule is C[C@H](N(Cc1ccc(F)cc1)C(=O)CN1C(=O)NC2(CC(F)c3cc(-c4cnn(CC(=O)N(C)C)c4)c(F)cc32)C1=O)C(F)(F)F. The van der Waals surface area contributed by atoms with Gasteiger partial charge >= 0.3 is 12.2 Å². The van der Waals surface area contributed by atoms with Crippen molar-refractivity contribution in [2.75, 3.05) is 20.6 Å². The van der Waals surface area contributed by atoms with E-state index in [9.17, 15) is 36.7 Å². The summed E-state index contributed by atoms with van der Waals surface area (Å²) in [6, 6.07) is 2.93. The van der Waals surface area contributed by atoms with Crippen molar-refractivity contribution in [2.45, 2.75) is 50.4 Å². The van der Waals surface area contributed by atoms with Crippen LogP contribution < -0.4 is 5.32 Å². The second-order valence-corrected chi connectivity index (χ2v) is 11.4. The minimum Gasteiger partial charge on any atom is -0.347 e. The summed E-state index contributed by atoms with van der Waals surface area (Å²) in [4.78, 5) is 54.0. The first kappa shape index (κ1) is 32.5. The number of carbonyl (C=O) groups excluding carboxylic acids is 4. The zero-order valence-electron chi connectivity index (χ0n) is 24.7. The van der Waals surface area contributed by atoms with Gasteiger partial charge in [-0.1, -0.05) is 12.1 Å². The van der Waals surface area contributed by atoms with Crippen LogP contribution in [0.1, 0.15) is 36.2 Å². The van der Waals surface area contributed by atoms with Crippen molar-refractivity contribution < 1.29 is 45.5 Å². The van der Waals surface area contributed by atoms with Crippen molar-refractivity contribution in [3.8, 4) is 11.1 Å². The lowest BCUT2D eigenvalue weighted by Crippen LogP contribution is -2.51. The van der Waals surface area contributed by atoms with Crippen molar-refractivity contribution in [3.05, 3.63) is 77.1 Å². The van der Waals surface area contributed by atoms with Crippen LogP contribution in [0.15, 0.2) is 48.8 Å². The second-order valence-electron chi connectivity index (χ2n) is 11.4. The van der Waals surface area contributed by atoms with Crippen LogP contribution in [0.4, 0.5) is 31.1 Å². The Morgan fingerprint density at radius 3 is 2.39 bits per heavy atom. The molecule has 1 aliphatic carbocycles. The quantitative estimate of drug-likeness (QED) is 0.293. The number of halogens is 6. The highest BCUT2D eigenvalue weighted by atomic mass is 19.4. The maximum absolute atomic E-state index is 15.5. The molecule has 16 heteroatoms. The van der Waals surface area contributed by atoms with Gasteiger partial charge in [-0.15, -0.1) is 0 Å². The number of hydrogen-bond donors (Lipinski definition) is 1. The highest BCUT2D eigenvalue weighted by Gasteiger charge is 2.59. The lowest BCUT2D eigenvalue weighted by molar-refractivity contribution is -0.187. The smallest absolute Gasteiger partial charge is 0.347 e. The van der Waals surface area contributed by atoms with Crippen molar-refractivity contribution in [1.82, 2.24) is 29.8 Å². The van der Waals surface area contributed by atoms with Gasteiger partial charge in [-0.05, 0) is 47.9 Å². The van der Waals surface area contributed by atoms with E-state index in [0.29, 0.717) is 9.80 Å². The standard InChI is InChI=1S/C30H28F6N6O4/c1-16(30(34,35)36)41(12-17-4-6-19(31)7-5-17)26(44)15-42-27(45)29(38-28(42)46)10-24(33)21-8-20(23(32)9-22(21)29)18-11-37-40(13-18)14-25(43)39(2)3/h4-9,11,13,16,24H,10,12,14-15H2,1-3H3,(H,38,46)/t16-,24?,29?/m0/s1. The summed E-state index contributed by atoms with van der Waals surface area (Å²) in [6.07, 6.45) is -4.72. The Morgan fingerprint density at radius 2 is 1.76 bits per heavy atom. The summed E-state index contributed by atoms with van der Waals surface area (Å²) >= 11 is 0. The number of hydrogen-bond acceptors (Lipinski definition) is 5. The molecule has 10 nitrogen and oxygen atoms in total. The molecule has 2 aromatic carbocycles. The molecular weight excluding hydrogens is 622 g/mol. The number of aromatic nitrogens is 2. The highest BCUT2D eigenvalue weighted by Crippen LogP contribution is 2.50. The number of alkyl halides is 4. The third-order valence-corrected chi connectivity index (χ3v) is 8.16. The number of benzene rings is 2. The molecule has 3 aromatic rings. The average Bonchev–Trinajstić information content (AvgIpc) is 3.62. The van der Waals surface area contributed by atoms with Gasteiger partial charge in [-0.2, -0.15) is 18.3 Å². The fourth-order valence-electron chi connectivity index (χ4n) is 5.52. The van der Waals surface area contributed by atoms with E-state index in [1.54, 1.807) is 14.1 Å². The number of amides is 5. The molecule has 0 saturated carbocycles. The van der Waals surface area contributed by atoms with E-state index in [4.69, 9.17) is 0 Å². The number of rotatable bonds is 8. The van der Waals surface area contributed by atoms with E-state index in [2.05, 4.69) is 10.4 Å². The lowest BCUT2D eigenvalue weighted by atomic mass is 9.90. The summed E-state index contributed by atoms with van der Waals surface area (Å²) in [7, 11) is 3.11. The predicted octanol–water partition coefficient (Wildman–Crippen LogP) is 4.06. The van der Waals surface area contributed by atoms with Crippen LogP contribution >= 0.6 is 0 Å². The first-order chi connectivity index (χ1) is 21.5. The third kappa shape index (κ3) is 5.90. The highest BCUT2D eigenvalue weighted by molar-refractivity contribution is 6.10. The zero-order chi connectivity index (χ0) is 33.7. The molecule has 1 spiro atoms. The van der Waals surface area contributed by atoms with E-state index in [-0.39, 0.29) is 40.3 Å². The van der Waals surface area contributed by atoms with Gasteiger partial charge in [-0.3, -0.25) is 24.0 Å². The molecule has 244 valence electrons. The van der Waals surface area contributed by atoms with Gasteiger partial charge in [0.15, 0.2) is 0 Å². The van der Waals surface area contributed by atoms with Gasteiger partial charge < -0.3 is 15.1 Å². The van der Waals surface area contributed by atoms with Crippen LogP contribution in [0, 0.1) is 11.6 Å². The first-order valence-corrected chi connectivity index (χ1v) is 14.0. The fourth-order valence-corrected chi connectivity index (χ4v) is 5.52. The summed E-state index contributed by atoms with van der Waals surface area (Å²) < 4.78 is 86.7. The molecule has 46 heavy (non-hydrogen) atoms. The Bertz CT molecular complexity index is 1710. The predicted molar refractivity (Wildman–Crippen MR) is 149 cm³/mol. The molecule has 2 heterocycles. The van der Waals surface area contributed by atoms with E-state index in [1.165, 1.54) is 40.2 Å². The summed E-state index contributed by atoms with van der Waals surface area (Å²) in [5, 5.41) is 6.37. The third-order valence-electron chi connectivity index (χ3n) is 8.16. The monoisotopic (exact) mass is 650 g/mol. The average molecular weight is 651 g/mol. The number of urea groups is 1. The van der Waals surface area contributed by atoms with Crippen molar-refractivity contribution >= 4 is 23.8 Å². The van der Waals surface area contributed by atoms with Crippen LogP contribution in [0.25, 0.3) is 11.1 Å². The van der Waals surface area contributed by atoms with Crippen LogP contribution in [-0.2, 0) is 33.0 Å². The van der Waals surface area contributed by atoms with Gasteiger partial charge in [0.05, 0.1) is 6.20 Å². The minimum absolute atomic E-state index is 0.0802. The Balaban J connectivity index is 1.41. The van der Waals surface area contributed by atoms with Crippen LogP contribution in [0.2, 0.25) is 0 Å². The molecule has 5 rings (SSSR count). The minimum atomic E-state index is -4.88. The summed E-state index contributed by atoms with van der Waals surface area (Å²) in [5.74, 6) is -4.20. The van der Waals surface area contributed by atoms with E-state index < -0.39 is 72.9 Å². The number of likely N-dealkylation sites (N-methyl/N-ethyl adjacent to an activating group) is 1. The maximum Gasteiger partial charge on any atom is 0.408 e. The van der Waals surface area contributed by atoms with Gasteiger partial charge in [0.25, 0.3) is 5.91 Å². The Morgan fingerprint density at radius 1 is 1.09 bits per heavy atom. The van der Waals surface area contributed by atoms with Gasteiger partial charge in [-0.25, -0.2) is 18.0 Å². The van der Waals surface area contributed by atoms with Gasteiger partial charge in [0.1, 0.15) is 42.5 Å². The van der Waals surface area contributed by atoms with Crippen molar-refractivity contribution in [3.63, 3.8) is 0 Å². The number of carbonyl (C=O) groups is 4. The largest absolute Gasteiger partial charge is 0.408 e. The molecule has 3 atom stereocenters. The Labute approximate surface area is 258 Å². The number of imide groups is 1. The van der Waals surface area contributed by atoms with Crippen LogP contribution in [0.5, 0.6) is 0 Å². The molecule has 0 bridgehead atoms. The number of nitrogens with zero attached hydrogens (tertiary/aromatic N) is 5. The topological polar surface area (TPSA) is 108 Å². The molecule has 1 aromatic heterocycles. The maximum atomic E-state index is 15.5. The molecule has 0 radical (unpaired) electrons. The van der Waals surface area contributed by atoms with E-state index in [1.807, 2.05) is 0 Å². The molecule has 1 fully saturated rings. The normalized spacial score (nSPS) is 19.8. The number of nitrogens with one attached hydrogen (secondary N) is 1. The first-order valence-electron chi connectivity index (χ1n) is 14.0. The van der Waals surface area contributed by atoms with Crippen LogP contribution in [0.3, 0.4) is 0 Å². The molecular formula is C30H28F6N6O4. The molecule has 2 unspecified atom stereocenters. The van der Waals surface area contributed by atoms with Crippen molar-refractivity contribution in [2.24, 2.45) is 0 Å². The van der Waals surface area contributed by atoms with Gasteiger partial charge in [0, 0.05) is 44.4 Å². The molecule has 2 aliphatic rings. The van der Waals surface area contributed by atoms with Crippen molar-refractivity contribution in [1.29, 1.82) is 0 Å². The molecule has 1 saturated heterocycles. The van der Waals surface area contributed by atoms with Gasteiger partial charge in [0.2, 0.25) is 11.8 Å². The Hall–Kier alpha value is -4.89. The second kappa shape index (κ2) is 11.8. The Kier molecular flexibility index (Phi) is 8.34. The van der Waals surface area contributed by atoms with E-state index in [0.717, 1.165) is 25.1 Å². The molecule has 1 N–H and O–H groups in total. The van der Waals surface area contributed by atoms with Crippen LogP contribution in [-0.4, -0.2) is 81.1 Å². The molecule has 5 amide bonds. The van der Waals surface area contributed by atoms with E-state index >= 15 is 8.78 Å². The number of fused-ring (bicyclic) bond motifs is 2. The summed E-state index contributed by atoms with van der Waals surface area (Å²) in [5.41, 5.74) is -2.12.